The van der Waals surface area contributed by atoms with Crippen molar-refractivity contribution in [3.8, 4) is 0 Å². The van der Waals surface area contributed by atoms with Crippen molar-refractivity contribution in [1.29, 1.82) is 0 Å². The second kappa shape index (κ2) is 14.2. The molecule has 8 nitrogen and oxygen atoms in total. The van der Waals surface area contributed by atoms with Crippen molar-refractivity contribution in [2.75, 3.05) is 29.5 Å². The molecule has 0 spiro atoms. The van der Waals surface area contributed by atoms with Crippen molar-refractivity contribution < 1.29 is 30.5 Å². The minimum atomic E-state index is -4.29. The first-order valence-corrected chi connectivity index (χ1v) is 20.4. The summed E-state index contributed by atoms with van der Waals surface area (Å²) in [5, 5.41) is 0. The lowest BCUT2D eigenvalue weighted by atomic mass is 9.75. The fourth-order valence-electron chi connectivity index (χ4n) is 7.81. The van der Waals surface area contributed by atoms with E-state index in [1.54, 1.807) is 0 Å². The van der Waals surface area contributed by atoms with Gasteiger partial charge in [-0.05, 0) is 67.4 Å². The number of allylic oxidation sites excluding steroid dienone is 10. The third kappa shape index (κ3) is 8.65. The molecule has 0 aromatic heterocycles. The second-order valence-corrected chi connectivity index (χ2v) is 18.5. The zero-order valence-corrected chi connectivity index (χ0v) is 31.6. The number of anilines is 1. The van der Waals surface area contributed by atoms with E-state index in [1.165, 1.54) is 22.3 Å². The standard InChI is InChI=1S/C40H50N2O6S2/c1-38(2)28-30(15-11-21-36-39(3,4)32-17-7-9-19-34(32)41(36)23-13-25-49(43,44)45)27-31(29-38)16-12-22-37-40(5,6)33-18-8-10-20-35(33)42(37)24-14-26-50(46,47)48/h7-12,15-22,27H,13-14,23-26,28-29H2,1-6H3,(H-,43,44,45,46,47,48)/p-1. The Kier molecular flexibility index (Phi) is 10.7. The van der Waals surface area contributed by atoms with Gasteiger partial charge in [0, 0.05) is 59.0 Å². The van der Waals surface area contributed by atoms with Crippen LogP contribution in [0.2, 0.25) is 0 Å². The van der Waals surface area contributed by atoms with E-state index in [0.29, 0.717) is 13.1 Å². The minimum Gasteiger partial charge on any atom is -0.748 e. The van der Waals surface area contributed by atoms with Gasteiger partial charge in [0.05, 0.1) is 25.7 Å². The van der Waals surface area contributed by atoms with Crippen molar-refractivity contribution in [2.24, 2.45) is 5.41 Å². The summed E-state index contributed by atoms with van der Waals surface area (Å²) in [6.07, 6.45) is 17.3. The lowest BCUT2D eigenvalue weighted by Gasteiger charge is -2.30. The molecule has 10 heteroatoms. The minimum absolute atomic E-state index is 0.0474. The Balaban J connectivity index is 1.41. The van der Waals surface area contributed by atoms with Gasteiger partial charge in [-0.25, -0.2) is 16.8 Å². The Hall–Kier alpha value is -3.57. The van der Waals surface area contributed by atoms with Crippen molar-refractivity contribution in [1.82, 2.24) is 0 Å². The summed E-state index contributed by atoms with van der Waals surface area (Å²) in [6.45, 7) is 14.1. The zero-order valence-electron chi connectivity index (χ0n) is 30.0. The maximum absolute atomic E-state index is 11.3. The van der Waals surface area contributed by atoms with E-state index in [1.807, 2.05) is 36.4 Å². The molecule has 0 bridgehead atoms. The van der Waals surface area contributed by atoms with Crippen LogP contribution in [0.5, 0.6) is 0 Å². The first-order valence-electron chi connectivity index (χ1n) is 17.2. The highest BCUT2D eigenvalue weighted by Gasteiger charge is 2.44. The number of para-hydroxylation sites is 2. The van der Waals surface area contributed by atoms with Crippen LogP contribution >= 0.6 is 0 Å². The largest absolute Gasteiger partial charge is 0.748 e. The maximum Gasteiger partial charge on any atom is 0.209 e. The van der Waals surface area contributed by atoms with Crippen LogP contribution in [0.25, 0.3) is 0 Å². The van der Waals surface area contributed by atoms with Crippen LogP contribution in [-0.4, -0.2) is 60.8 Å². The maximum atomic E-state index is 11.3. The van der Waals surface area contributed by atoms with Gasteiger partial charge >= 0.3 is 0 Å². The van der Waals surface area contributed by atoms with Crippen molar-refractivity contribution >= 4 is 37.3 Å². The third-order valence-corrected chi connectivity index (χ3v) is 11.6. The Morgan fingerprint density at radius 2 is 1.38 bits per heavy atom. The van der Waals surface area contributed by atoms with Gasteiger partial charge in [-0.2, -0.15) is 4.58 Å². The molecular formula is C40H49N2O6S2-. The molecule has 2 aromatic rings. The van der Waals surface area contributed by atoms with Gasteiger partial charge in [-0.3, -0.25) is 0 Å². The highest BCUT2D eigenvalue weighted by molar-refractivity contribution is 7.85. The highest BCUT2D eigenvalue weighted by Crippen LogP contribution is 2.48. The molecule has 268 valence electrons. The Labute approximate surface area is 298 Å². The second-order valence-electron chi connectivity index (χ2n) is 15.5. The number of benzene rings is 2. The predicted molar refractivity (Wildman–Crippen MR) is 200 cm³/mol. The van der Waals surface area contributed by atoms with Gasteiger partial charge in [-0.1, -0.05) is 94.5 Å². The first kappa shape index (κ1) is 37.7. The molecule has 0 amide bonds. The molecule has 2 aromatic carbocycles. The Morgan fingerprint density at radius 1 is 0.760 bits per heavy atom. The molecule has 2 aliphatic heterocycles. The summed E-state index contributed by atoms with van der Waals surface area (Å²) in [7, 11) is -8.58. The molecule has 0 unspecified atom stereocenters. The normalized spacial score (nSPS) is 21.4. The monoisotopic (exact) mass is 717 g/mol. The summed E-state index contributed by atoms with van der Waals surface area (Å²) in [6, 6.07) is 16.3. The van der Waals surface area contributed by atoms with Crippen LogP contribution in [-0.2, 0) is 31.1 Å². The van der Waals surface area contributed by atoms with E-state index in [2.05, 4.69) is 106 Å². The molecule has 0 saturated carbocycles. The fraction of sp³-hybridized carbons (Fsp3) is 0.425. The van der Waals surface area contributed by atoms with Gasteiger partial charge in [0.2, 0.25) is 5.69 Å². The molecular weight excluding hydrogens is 669 g/mol. The quantitative estimate of drug-likeness (QED) is 0.166. The molecule has 3 aliphatic rings. The molecule has 5 rings (SSSR count). The Morgan fingerprint density at radius 3 is 2.08 bits per heavy atom. The van der Waals surface area contributed by atoms with Crippen molar-refractivity contribution in [3.05, 3.63) is 119 Å². The number of hydrogen-bond acceptors (Lipinski definition) is 7. The number of nitrogens with zero attached hydrogens (tertiary/aromatic N) is 2. The average Bonchev–Trinajstić information content (AvgIpc) is 3.34. The highest BCUT2D eigenvalue weighted by atomic mass is 32.2. The van der Waals surface area contributed by atoms with Crippen LogP contribution < -0.4 is 4.90 Å². The van der Waals surface area contributed by atoms with Crippen molar-refractivity contribution in [3.63, 3.8) is 0 Å². The molecule has 0 N–H and O–H groups in total. The smallest absolute Gasteiger partial charge is 0.209 e. The predicted octanol–water partition coefficient (Wildman–Crippen LogP) is 7.40. The summed E-state index contributed by atoms with van der Waals surface area (Å²) >= 11 is 0. The van der Waals surface area contributed by atoms with E-state index >= 15 is 0 Å². The summed E-state index contributed by atoms with van der Waals surface area (Å²) in [5.74, 6) is -0.789. The van der Waals surface area contributed by atoms with Crippen LogP contribution in [0.1, 0.15) is 78.4 Å². The molecule has 2 heterocycles. The number of rotatable bonds is 12. The lowest BCUT2D eigenvalue weighted by Crippen LogP contribution is -2.28. The van der Waals surface area contributed by atoms with E-state index in [0.717, 1.165) is 35.6 Å². The summed E-state index contributed by atoms with van der Waals surface area (Å²) in [5.41, 5.74) is 8.39. The van der Waals surface area contributed by atoms with Gasteiger partial charge in [0.25, 0.3) is 0 Å². The topological polar surface area (TPSA) is 121 Å². The molecule has 0 saturated heterocycles. The summed E-state index contributed by atoms with van der Waals surface area (Å²) in [4.78, 5) is 2.14. The SMILES string of the molecule is CC1(C)CC(/C=C/C=C2/N(CCCS(=O)(=O)[O-])c3ccccc3C2(C)C)=CC(=C/C=C/C2=[N+](CCCS(=O)(=O)[O-])c3ccccc3C2(C)C)/C1. The molecule has 50 heavy (non-hydrogen) atoms. The van der Waals surface area contributed by atoms with Gasteiger partial charge < -0.3 is 14.0 Å². The van der Waals surface area contributed by atoms with E-state index in [4.69, 9.17) is 0 Å². The molecule has 0 fully saturated rings. The van der Waals surface area contributed by atoms with E-state index < -0.39 is 31.7 Å². The lowest BCUT2D eigenvalue weighted by molar-refractivity contribution is -0.437. The van der Waals surface area contributed by atoms with Crippen LogP contribution in [0.15, 0.2) is 108 Å². The van der Waals surface area contributed by atoms with Gasteiger partial charge in [0.15, 0.2) is 5.71 Å². The van der Waals surface area contributed by atoms with Crippen LogP contribution in [0, 0.1) is 5.41 Å². The number of hydrogen-bond donors (Lipinski definition) is 0. The third-order valence-electron chi connectivity index (χ3n) is 10.0. The van der Waals surface area contributed by atoms with E-state index in [-0.39, 0.29) is 29.1 Å². The van der Waals surface area contributed by atoms with Gasteiger partial charge in [-0.15, -0.1) is 0 Å². The average molecular weight is 718 g/mol. The summed E-state index contributed by atoms with van der Waals surface area (Å²) < 4.78 is 70.1. The zero-order chi connectivity index (χ0) is 36.5. The van der Waals surface area contributed by atoms with Crippen LogP contribution in [0.4, 0.5) is 11.4 Å². The fourth-order valence-corrected chi connectivity index (χ4v) is 8.78. The first-order chi connectivity index (χ1) is 23.3. The van der Waals surface area contributed by atoms with E-state index in [9.17, 15) is 25.9 Å². The van der Waals surface area contributed by atoms with Gasteiger partial charge in [0.1, 0.15) is 6.54 Å². The van der Waals surface area contributed by atoms with Crippen molar-refractivity contribution in [2.45, 2.75) is 78.1 Å². The van der Waals surface area contributed by atoms with Crippen LogP contribution in [0.3, 0.4) is 0 Å². The molecule has 0 radical (unpaired) electrons. The Bertz CT molecular complexity index is 2040. The molecule has 0 atom stereocenters. The number of fused-ring (bicyclic) bond motifs is 2. The molecule has 1 aliphatic carbocycles.